The largest absolute Gasteiger partial charge is 0.321 e. The van der Waals surface area contributed by atoms with Crippen molar-refractivity contribution in [1.29, 1.82) is 0 Å². The highest BCUT2D eigenvalue weighted by Gasteiger charge is 2.31. The number of nitrogens with one attached hydrogen (secondary N) is 1. The van der Waals surface area contributed by atoms with Crippen LogP contribution in [0.5, 0.6) is 0 Å². The average molecular weight is 393 g/mol. The van der Waals surface area contributed by atoms with Crippen molar-refractivity contribution >= 4 is 40.2 Å². The quantitative estimate of drug-likeness (QED) is 0.536. The molecule has 2 aromatic rings. The van der Waals surface area contributed by atoms with E-state index < -0.39 is 4.92 Å². The van der Waals surface area contributed by atoms with Gasteiger partial charge in [0, 0.05) is 22.4 Å². The van der Waals surface area contributed by atoms with Crippen molar-refractivity contribution in [2.24, 2.45) is 11.3 Å². The number of fused-ring (bicyclic) bond motifs is 1. The molecule has 7 heteroatoms. The molecule has 1 aliphatic carbocycles. The van der Waals surface area contributed by atoms with Crippen molar-refractivity contribution in [2.45, 2.75) is 40.0 Å². The molecule has 0 saturated carbocycles. The van der Waals surface area contributed by atoms with Gasteiger partial charge in [-0.15, -0.1) is 11.3 Å². The number of anilines is 1. The zero-order valence-corrected chi connectivity index (χ0v) is 16.5. The minimum absolute atomic E-state index is 0.103. The predicted octanol–water partition coefficient (Wildman–Crippen LogP) is 5.71. The molecule has 1 aliphatic rings. The summed E-state index contributed by atoms with van der Waals surface area (Å²) < 4.78 is 0. The first kappa shape index (κ1) is 18.9. The standard InChI is InChI=1S/C19H21ClN2O3S/c1-19(2,3)11-4-6-13-14(10-26-17(13)8-11)18(23)21-16-7-5-12(22(24)25)9-15(16)20/h5,7,9-11H,4,6,8H2,1-3H3,(H,21,23). The first-order chi connectivity index (χ1) is 12.2. The Balaban J connectivity index is 1.79. The maximum Gasteiger partial charge on any atom is 0.271 e. The first-order valence-electron chi connectivity index (χ1n) is 8.51. The van der Waals surface area contributed by atoms with Crippen LogP contribution < -0.4 is 5.32 Å². The molecule has 0 saturated heterocycles. The van der Waals surface area contributed by atoms with E-state index in [1.165, 1.54) is 23.1 Å². The summed E-state index contributed by atoms with van der Waals surface area (Å²) in [6, 6.07) is 4.04. The van der Waals surface area contributed by atoms with Gasteiger partial charge in [-0.2, -0.15) is 0 Å². The van der Waals surface area contributed by atoms with Crippen molar-refractivity contribution < 1.29 is 9.72 Å². The van der Waals surface area contributed by atoms with Gasteiger partial charge in [-0.25, -0.2) is 0 Å². The normalized spacial score (nSPS) is 16.8. The summed E-state index contributed by atoms with van der Waals surface area (Å²) in [5.74, 6) is 0.404. The lowest BCUT2D eigenvalue weighted by Crippen LogP contribution is -2.27. The first-order valence-corrected chi connectivity index (χ1v) is 9.77. The molecule has 3 rings (SSSR count). The van der Waals surface area contributed by atoms with Crippen molar-refractivity contribution in [3.05, 3.63) is 54.7 Å². The summed E-state index contributed by atoms with van der Waals surface area (Å²) in [6.07, 6.45) is 2.98. The molecule has 0 spiro atoms. The average Bonchev–Trinajstić information content (AvgIpc) is 2.99. The van der Waals surface area contributed by atoms with Gasteiger partial charge in [-0.3, -0.25) is 14.9 Å². The number of hydrogen-bond acceptors (Lipinski definition) is 4. The number of thiophene rings is 1. The zero-order valence-electron chi connectivity index (χ0n) is 15.0. The molecule has 1 amide bonds. The van der Waals surface area contributed by atoms with Crippen LogP contribution in [0.4, 0.5) is 11.4 Å². The van der Waals surface area contributed by atoms with Crippen LogP contribution in [0.25, 0.3) is 0 Å². The van der Waals surface area contributed by atoms with Crippen LogP contribution in [0, 0.1) is 21.4 Å². The molecule has 0 bridgehead atoms. The molecule has 0 fully saturated rings. The Morgan fingerprint density at radius 2 is 2.12 bits per heavy atom. The van der Waals surface area contributed by atoms with Crippen molar-refractivity contribution in [1.82, 2.24) is 0 Å². The van der Waals surface area contributed by atoms with E-state index in [0.717, 1.165) is 24.8 Å². The second-order valence-electron chi connectivity index (χ2n) is 7.73. The molecular weight excluding hydrogens is 372 g/mol. The lowest BCUT2D eigenvalue weighted by atomic mass is 9.72. The molecule has 0 aliphatic heterocycles. The number of halogens is 1. The molecule has 1 aromatic heterocycles. The number of hydrogen-bond donors (Lipinski definition) is 1. The molecular formula is C19H21ClN2O3S. The van der Waals surface area contributed by atoms with Crippen molar-refractivity contribution in [2.75, 3.05) is 5.32 Å². The SMILES string of the molecule is CC(C)(C)C1CCc2c(C(=O)Nc3ccc([N+](=O)[O-])cc3Cl)csc2C1. The van der Waals surface area contributed by atoms with Gasteiger partial charge in [0.25, 0.3) is 11.6 Å². The highest BCUT2D eigenvalue weighted by atomic mass is 35.5. The minimum atomic E-state index is -0.516. The Labute approximate surface area is 161 Å². The summed E-state index contributed by atoms with van der Waals surface area (Å²) >= 11 is 7.71. The summed E-state index contributed by atoms with van der Waals surface area (Å²) in [7, 11) is 0. The monoisotopic (exact) mass is 392 g/mol. The fourth-order valence-electron chi connectivity index (χ4n) is 3.35. The van der Waals surface area contributed by atoms with Crippen molar-refractivity contribution in [3.8, 4) is 0 Å². The zero-order chi connectivity index (χ0) is 19.1. The van der Waals surface area contributed by atoms with E-state index in [0.29, 0.717) is 17.2 Å². The van der Waals surface area contributed by atoms with Gasteiger partial charge in [0.15, 0.2) is 0 Å². The number of amides is 1. The smallest absolute Gasteiger partial charge is 0.271 e. The number of benzene rings is 1. The van der Waals surface area contributed by atoms with Crippen LogP contribution in [0.1, 0.15) is 48.0 Å². The van der Waals surface area contributed by atoms with Crippen LogP contribution in [-0.2, 0) is 12.8 Å². The molecule has 1 aromatic carbocycles. The third-order valence-corrected chi connectivity index (χ3v) is 6.40. The second kappa shape index (κ2) is 7.00. The maximum absolute atomic E-state index is 12.7. The number of non-ortho nitro benzene ring substituents is 1. The Morgan fingerprint density at radius 3 is 2.73 bits per heavy atom. The highest BCUT2D eigenvalue weighted by molar-refractivity contribution is 7.10. The van der Waals surface area contributed by atoms with Crippen LogP contribution in [0.15, 0.2) is 23.6 Å². The number of carbonyl (C=O) groups is 1. The van der Waals surface area contributed by atoms with Gasteiger partial charge in [0.1, 0.15) is 0 Å². The number of nitrogens with zero attached hydrogens (tertiary/aromatic N) is 1. The molecule has 1 unspecified atom stereocenters. The van der Waals surface area contributed by atoms with E-state index >= 15 is 0 Å². The molecule has 1 heterocycles. The van der Waals surface area contributed by atoms with Gasteiger partial charge < -0.3 is 5.32 Å². The van der Waals surface area contributed by atoms with Crippen LogP contribution in [-0.4, -0.2) is 10.8 Å². The van der Waals surface area contributed by atoms with E-state index in [9.17, 15) is 14.9 Å². The maximum atomic E-state index is 12.7. The minimum Gasteiger partial charge on any atom is -0.321 e. The number of nitro groups is 1. The van der Waals surface area contributed by atoms with Crippen LogP contribution >= 0.6 is 22.9 Å². The molecule has 1 N–H and O–H groups in total. The van der Waals surface area contributed by atoms with E-state index in [1.807, 2.05) is 5.38 Å². The van der Waals surface area contributed by atoms with Gasteiger partial charge in [0.2, 0.25) is 0 Å². The third kappa shape index (κ3) is 3.76. The Morgan fingerprint density at radius 1 is 1.38 bits per heavy atom. The van der Waals surface area contributed by atoms with Crippen LogP contribution in [0.2, 0.25) is 5.02 Å². The second-order valence-corrected chi connectivity index (χ2v) is 9.10. The molecule has 1 atom stereocenters. The van der Waals surface area contributed by atoms with E-state index in [4.69, 9.17) is 11.6 Å². The summed E-state index contributed by atoms with van der Waals surface area (Å²) in [5.41, 5.74) is 2.36. The summed E-state index contributed by atoms with van der Waals surface area (Å²) in [5, 5.41) is 15.6. The highest BCUT2D eigenvalue weighted by Crippen LogP contribution is 2.40. The van der Waals surface area contributed by atoms with Gasteiger partial charge >= 0.3 is 0 Å². The van der Waals surface area contributed by atoms with Crippen LogP contribution in [0.3, 0.4) is 0 Å². The number of nitro benzene ring substituents is 1. The van der Waals surface area contributed by atoms with Gasteiger partial charge in [0.05, 0.1) is 21.2 Å². The molecule has 26 heavy (non-hydrogen) atoms. The molecule has 138 valence electrons. The predicted molar refractivity (Wildman–Crippen MR) is 105 cm³/mol. The Bertz CT molecular complexity index is 870. The Kier molecular flexibility index (Phi) is 5.08. The van der Waals surface area contributed by atoms with E-state index in [-0.39, 0.29) is 22.0 Å². The summed E-state index contributed by atoms with van der Waals surface area (Å²) in [6.45, 7) is 6.79. The number of rotatable bonds is 3. The van der Waals surface area contributed by atoms with Crippen molar-refractivity contribution in [3.63, 3.8) is 0 Å². The van der Waals surface area contributed by atoms with Gasteiger partial charge in [-0.1, -0.05) is 32.4 Å². The van der Waals surface area contributed by atoms with E-state index in [1.54, 1.807) is 11.3 Å². The van der Waals surface area contributed by atoms with Gasteiger partial charge in [-0.05, 0) is 42.2 Å². The third-order valence-electron chi connectivity index (χ3n) is 5.04. The number of carbonyl (C=O) groups excluding carboxylic acids is 1. The van der Waals surface area contributed by atoms with E-state index in [2.05, 4.69) is 26.1 Å². The lowest BCUT2D eigenvalue weighted by Gasteiger charge is -2.34. The topological polar surface area (TPSA) is 72.2 Å². The Hall–Kier alpha value is -1.92. The molecule has 0 radical (unpaired) electrons. The lowest BCUT2D eigenvalue weighted by molar-refractivity contribution is -0.384. The summed E-state index contributed by atoms with van der Waals surface area (Å²) in [4.78, 5) is 24.3. The fraction of sp³-hybridized carbons (Fsp3) is 0.421. The molecule has 5 nitrogen and oxygen atoms in total. The fourth-order valence-corrected chi connectivity index (χ4v) is 4.73.